The third kappa shape index (κ3) is 3.02. The zero-order chi connectivity index (χ0) is 23.2. The van der Waals surface area contributed by atoms with Crippen LogP contribution in [0.3, 0.4) is 0 Å². The van der Waals surface area contributed by atoms with Crippen molar-refractivity contribution in [2.75, 3.05) is 13.2 Å². The van der Waals surface area contributed by atoms with E-state index in [0.717, 1.165) is 31.6 Å². The van der Waals surface area contributed by atoms with Crippen LogP contribution in [0.2, 0.25) is 0 Å². The molecule has 3 fully saturated rings. The normalized spacial score (nSPS) is 47.8. The van der Waals surface area contributed by atoms with Crippen molar-refractivity contribution in [2.45, 2.75) is 117 Å². The molecule has 0 amide bonds. The Bertz CT molecular complexity index is 794. The predicted molar refractivity (Wildman–Crippen MR) is 129 cm³/mol. The van der Waals surface area contributed by atoms with Crippen LogP contribution in [0.1, 0.15) is 106 Å². The molecule has 0 aromatic carbocycles. The summed E-state index contributed by atoms with van der Waals surface area (Å²) in [6.45, 7) is 16.0. The lowest BCUT2D eigenvalue weighted by Crippen LogP contribution is -2.55. The van der Waals surface area contributed by atoms with Gasteiger partial charge in [0.1, 0.15) is 5.60 Å². The predicted octanol–water partition coefficient (Wildman–Crippen LogP) is 6.27. The molecule has 1 heterocycles. The third-order valence-electron chi connectivity index (χ3n) is 12.3. The van der Waals surface area contributed by atoms with Crippen LogP contribution in [0.4, 0.5) is 0 Å². The summed E-state index contributed by atoms with van der Waals surface area (Å²) in [4.78, 5) is 0. The molecule has 5 aliphatic rings. The van der Waals surface area contributed by atoms with Crippen molar-refractivity contribution in [3.05, 3.63) is 11.1 Å². The fourth-order valence-electron chi connectivity index (χ4n) is 9.81. The molecule has 4 aliphatic carbocycles. The fraction of sp³-hybridized carbons (Fsp3) is 0.931. The van der Waals surface area contributed by atoms with Crippen LogP contribution in [0, 0.1) is 39.4 Å². The number of hydrogen-bond donors (Lipinski definition) is 2. The number of hydrogen-bond acceptors (Lipinski definition) is 3. The molecule has 5 rings (SSSR count). The van der Waals surface area contributed by atoms with E-state index >= 15 is 0 Å². The largest absolute Gasteiger partial charge is 0.393 e. The zero-order valence-corrected chi connectivity index (χ0v) is 21.6. The summed E-state index contributed by atoms with van der Waals surface area (Å²) in [5, 5.41) is 21.4. The molecule has 3 heteroatoms. The molecule has 1 aliphatic heterocycles. The van der Waals surface area contributed by atoms with E-state index in [1.165, 1.54) is 38.5 Å². The molecule has 1 saturated heterocycles. The average molecular weight is 445 g/mol. The van der Waals surface area contributed by atoms with Crippen LogP contribution in [0.5, 0.6) is 0 Å². The van der Waals surface area contributed by atoms with Gasteiger partial charge in [-0.25, -0.2) is 0 Å². The summed E-state index contributed by atoms with van der Waals surface area (Å²) < 4.78 is 5.28. The number of ether oxygens (including phenoxy) is 1. The second-order valence-corrected chi connectivity index (χ2v) is 14.0. The Morgan fingerprint density at radius 2 is 1.66 bits per heavy atom. The standard InChI is InChI=1S/C29H48O3/c1-19(9-16-29(31)17-32-18-29)20-10-14-28(6)22-7-8-23-25(2,3)24(30)12-13-26(23,4)21(22)11-15-27(20,28)5/h19-20,23-24,30-31H,7-18H2,1-6H3/t19-,20-,23+,24+,26-,27-,28+/m1/s1. The van der Waals surface area contributed by atoms with Gasteiger partial charge in [-0.05, 0) is 104 Å². The van der Waals surface area contributed by atoms with Gasteiger partial charge in [-0.3, -0.25) is 0 Å². The Morgan fingerprint density at radius 1 is 0.938 bits per heavy atom. The highest BCUT2D eigenvalue weighted by Crippen LogP contribution is 2.72. The van der Waals surface area contributed by atoms with Crippen molar-refractivity contribution in [2.24, 2.45) is 39.4 Å². The monoisotopic (exact) mass is 444 g/mol. The number of rotatable bonds is 4. The van der Waals surface area contributed by atoms with E-state index in [2.05, 4.69) is 41.5 Å². The molecule has 32 heavy (non-hydrogen) atoms. The van der Waals surface area contributed by atoms with Crippen molar-refractivity contribution in [1.82, 2.24) is 0 Å². The van der Waals surface area contributed by atoms with Gasteiger partial charge >= 0.3 is 0 Å². The Morgan fingerprint density at radius 3 is 2.31 bits per heavy atom. The second-order valence-electron chi connectivity index (χ2n) is 14.0. The number of aliphatic hydroxyl groups excluding tert-OH is 1. The van der Waals surface area contributed by atoms with Crippen molar-refractivity contribution in [3.63, 3.8) is 0 Å². The van der Waals surface area contributed by atoms with Crippen LogP contribution in [-0.2, 0) is 4.74 Å². The van der Waals surface area contributed by atoms with Gasteiger partial charge in [0.05, 0.1) is 19.3 Å². The van der Waals surface area contributed by atoms with Gasteiger partial charge in [-0.2, -0.15) is 0 Å². The average Bonchev–Trinajstić information content (AvgIpc) is 2.99. The molecule has 0 unspecified atom stereocenters. The van der Waals surface area contributed by atoms with Crippen molar-refractivity contribution < 1.29 is 14.9 Å². The molecule has 2 saturated carbocycles. The van der Waals surface area contributed by atoms with E-state index in [1.807, 2.05) is 11.1 Å². The first kappa shape index (κ1) is 23.4. The van der Waals surface area contributed by atoms with Gasteiger partial charge in [0.25, 0.3) is 0 Å². The smallest absolute Gasteiger partial charge is 0.111 e. The fourth-order valence-corrected chi connectivity index (χ4v) is 9.81. The summed E-state index contributed by atoms with van der Waals surface area (Å²) in [5.41, 5.74) is 4.08. The second kappa shape index (κ2) is 7.31. The highest BCUT2D eigenvalue weighted by atomic mass is 16.5. The molecular weight excluding hydrogens is 396 g/mol. The minimum absolute atomic E-state index is 0.0192. The molecule has 7 atom stereocenters. The molecule has 0 spiro atoms. The number of allylic oxidation sites excluding steroid dienone is 2. The Balaban J connectivity index is 1.42. The topological polar surface area (TPSA) is 49.7 Å². The lowest BCUT2D eigenvalue weighted by molar-refractivity contribution is -0.183. The van der Waals surface area contributed by atoms with E-state index in [4.69, 9.17) is 4.74 Å². The Labute approximate surface area is 196 Å². The molecule has 0 radical (unpaired) electrons. The third-order valence-corrected chi connectivity index (χ3v) is 12.3. The van der Waals surface area contributed by atoms with Crippen molar-refractivity contribution in [1.29, 1.82) is 0 Å². The van der Waals surface area contributed by atoms with Gasteiger partial charge in [0.2, 0.25) is 0 Å². The summed E-state index contributed by atoms with van der Waals surface area (Å²) in [5.74, 6) is 2.01. The molecule has 182 valence electrons. The number of aliphatic hydroxyl groups is 2. The lowest BCUT2D eigenvalue weighted by Gasteiger charge is -2.62. The molecule has 0 aromatic rings. The summed E-state index contributed by atoms with van der Waals surface area (Å²) in [6.07, 6.45) is 11.7. The van der Waals surface area contributed by atoms with Crippen LogP contribution in [-0.4, -0.2) is 35.1 Å². The van der Waals surface area contributed by atoms with Gasteiger partial charge < -0.3 is 14.9 Å². The Kier molecular flexibility index (Phi) is 5.34. The summed E-state index contributed by atoms with van der Waals surface area (Å²) >= 11 is 0. The molecule has 0 bridgehead atoms. The quantitative estimate of drug-likeness (QED) is 0.502. The molecule has 0 aromatic heterocycles. The van der Waals surface area contributed by atoms with Crippen LogP contribution in [0.25, 0.3) is 0 Å². The first-order chi connectivity index (χ1) is 14.9. The minimum Gasteiger partial charge on any atom is -0.393 e. The van der Waals surface area contributed by atoms with E-state index in [1.54, 1.807) is 0 Å². The molecule has 2 N–H and O–H groups in total. The highest BCUT2D eigenvalue weighted by molar-refractivity contribution is 5.38. The van der Waals surface area contributed by atoms with Crippen LogP contribution >= 0.6 is 0 Å². The summed E-state index contributed by atoms with van der Waals surface area (Å²) in [7, 11) is 0. The van der Waals surface area contributed by atoms with Gasteiger partial charge in [-0.1, -0.05) is 52.7 Å². The highest BCUT2D eigenvalue weighted by Gasteiger charge is 2.63. The van der Waals surface area contributed by atoms with Crippen LogP contribution in [0.15, 0.2) is 11.1 Å². The van der Waals surface area contributed by atoms with Crippen molar-refractivity contribution >= 4 is 0 Å². The molecular formula is C29H48O3. The van der Waals surface area contributed by atoms with Crippen molar-refractivity contribution in [3.8, 4) is 0 Å². The van der Waals surface area contributed by atoms with Gasteiger partial charge in [0, 0.05) is 0 Å². The Hall–Kier alpha value is -0.380. The molecule has 3 nitrogen and oxygen atoms in total. The SMILES string of the molecule is C[C@H](CCC1(O)COC1)[C@H]1CC[C@@]2(C)C3=C(CC[C@]12C)[C@@]1(C)CC[C@H](O)C(C)(C)[C@@H]1CC3. The lowest BCUT2D eigenvalue weighted by atomic mass is 9.43. The van der Waals surface area contributed by atoms with E-state index in [9.17, 15) is 10.2 Å². The first-order valence-corrected chi connectivity index (χ1v) is 13.6. The maximum Gasteiger partial charge on any atom is 0.111 e. The van der Waals surface area contributed by atoms with E-state index < -0.39 is 5.60 Å². The first-order valence-electron chi connectivity index (χ1n) is 13.6. The number of fused-ring (bicyclic) bond motifs is 4. The maximum absolute atomic E-state index is 10.8. The van der Waals surface area contributed by atoms with Gasteiger partial charge in [0.15, 0.2) is 0 Å². The van der Waals surface area contributed by atoms with Gasteiger partial charge in [-0.15, -0.1) is 0 Å². The summed E-state index contributed by atoms with van der Waals surface area (Å²) in [6, 6.07) is 0. The van der Waals surface area contributed by atoms with E-state index in [0.29, 0.717) is 35.9 Å². The minimum atomic E-state index is -0.551. The maximum atomic E-state index is 10.8. The van der Waals surface area contributed by atoms with Crippen LogP contribution < -0.4 is 0 Å². The van der Waals surface area contributed by atoms with E-state index in [-0.39, 0.29) is 16.9 Å². The zero-order valence-electron chi connectivity index (χ0n) is 21.6.